The second-order valence-electron chi connectivity index (χ2n) is 4.08. The van der Waals surface area contributed by atoms with E-state index in [0.717, 1.165) is 11.3 Å². The standard InChI is InChI=1S/C12H10N6OS/c1-8-2-3-9(18-6-14-16-17-18)4-10(8)15-12(19)11-5-20-7-13-11/h2-7H,1H3,(H,15,19). The van der Waals surface area contributed by atoms with E-state index in [1.807, 2.05) is 25.1 Å². The number of nitrogens with one attached hydrogen (secondary N) is 1. The van der Waals surface area contributed by atoms with Gasteiger partial charge >= 0.3 is 0 Å². The fraction of sp³-hybridized carbons (Fsp3) is 0.0833. The number of thiazole rings is 1. The van der Waals surface area contributed by atoms with Crippen LogP contribution in [0.2, 0.25) is 0 Å². The number of carbonyl (C=O) groups excluding carboxylic acids is 1. The SMILES string of the molecule is Cc1ccc(-n2cnnn2)cc1NC(=O)c1cscn1. The Labute approximate surface area is 118 Å². The molecule has 2 heterocycles. The summed E-state index contributed by atoms with van der Waals surface area (Å²) in [4.78, 5) is 16.0. The lowest BCUT2D eigenvalue weighted by Gasteiger charge is -2.09. The highest BCUT2D eigenvalue weighted by molar-refractivity contribution is 7.07. The van der Waals surface area contributed by atoms with E-state index < -0.39 is 0 Å². The molecule has 20 heavy (non-hydrogen) atoms. The van der Waals surface area contributed by atoms with Crippen LogP contribution in [0.5, 0.6) is 0 Å². The number of rotatable bonds is 3. The van der Waals surface area contributed by atoms with Crippen molar-refractivity contribution in [1.82, 2.24) is 25.2 Å². The van der Waals surface area contributed by atoms with Gasteiger partial charge in [-0.2, -0.15) is 0 Å². The van der Waals surface area contributed by atoms with Crippen LogP contribution < -0.4 is 5.32 Å². The van der Waals surface area contributed by atoms with Gasteiger partial charge in [0.1, 0.15) is 12.0 Å². The van der Waals surface area contributed by atoms with Crippen molar-refractivity contribution < 1.29 is 4.79 Å². The van der Waals surface area contributed by atoms with Crippen molar-refractivity contribution in [3.05, 3.63) is 46.7 Å². The summed E-state index contributed by atoms with van der Waals surface area (Å²) in [6.45, 7) is 1.92. The van der Waals surface area contributed by atoms with Crippen LogP contribution in [0.25, 0.3) is 5.69 Å². The quantitative estimate of drug-likeness (QED) is 0.791. The molecule has 3 aromatic rings. The fourth-order valence-corrected chi connectivity index (χ4v) is 2.21. The van der Waals surface area contributed by atoms with Crippen LogP contribution in [0.3, 0.4) is 0 Å². The first-order valence-electron chi connectivity index (χ1n) is 5.77. The molecule has 1 aromatic carbocycles. The second kappa shape index (κ2) is 5.17. The van der Waals surface area contributed by atoms with Gasteiger partial charge < -0.3 is 5.32 Å². The van der Waals surface area contributed by atoms with Crippen molar-refractivity contribution in [2.24, 2.45) is 0 Å². The Balaban J connectivity index is 1.89. The van der Waals surface area contributed by atoms with Crippen molar-refractivity contribution in [2.45, 2.75) is 6.92 Å². The molecule has 0 aliphatic carbocycles. The van der Waals surface area contributed by atoms with Gasteiger partial charge in [-0.15, -0.1) is 16.4 Å². The zero-order chi connectivity index (χ0) is 13.9. The highest BCUT2D eigenvalue weighted by atomic mass is 32.1. The molecule has 7 nitrogen and oxygen atoms in total. The summed E-state index contributed by atoms with van der Waals surface area (Å²) < 4.78 is 1.53. The van der Waals surface area contributed by atoms with E-state index in [2.05, 4.69) is 25.8 Å². The molecule has 1 amide bonds. The highest BCUT2D eigenvalue weighted by Crippen LogP contribution is 2.19. The van der Waals surface area contributed by atoms with E-state index in [4.69, 9.17) is 0 Å². The zero-order valence-electron chi connectivity index (χ0n) is 10.5. The highest BCUT2D eigenvalue weighted by Gasteiger charge is 2.10. The van der Waals surface area contributed by atoms with Crippen LogP contribution in [0.15, 0.2) is 35.4 Å². The summed E-state index contributed by atoms with van der Waals surface area (Å²) in [5, 5.41) is 15.5. The Morgan fingerprint density at radius 3 is 3.00 bits per heavy atom. The average molecular weight is 286 g/mol. The maximum atomic E-state index is 12.0. The lowest BCUT2D eigenvalue weighted by Crippen LogP contribution is -2.13. The molecule has 2 aromatic heterocycles. The number of benzene rings is 1. The van der Waals surface area contributed by atoms with E-state index in [9.17, 15) is 4.79 Å². The number of aromatic nitrogens is 5. The topological polar surface area (TPSA) is 85.6 Å². The summed E-state index contributed by atoms with van der Waals surface area (Å²) in [5.41, 5.74) is 4.46. The first-order valence-corrected chi connectivity index (χ1v) is 6.72. The maximum Gasteiger partial charge on any atom is 0.275 e. The summed E-state index contributed by atoms with van der Waals surface area (Å²) in [5.74, 6) is -0.233. The van der Waals surface area contributed by atoms with Gasteiger partial charge in [0.05, 0.1) is 11.2 Å². The number of nitrogens with zero attached hydrogens (tertiary/aromatic N) is 5. The number of aryl methyl sites for hydroxylation is 1. The minimum atomic E-state index is -0.233. The molecule has 8 heteroatoms. The summed E-state index contributed by atoms with van der Waals surface area (Å²) in [6, 6.07) is 5.59. The van der Waals surface area contributed by atoms with Crippen LogP contribution in [0.1, 0.15) is 16.1 Å². The van der Waals surface area contributed by atoms with E-state index in [0.29, 0.717) is 11.4 Å². The van der Waals surface area contributed by atoms with E-state index in [1.54, 1.807) is 10.9 Å². The molecule has 100 valence electrons. The van der Waals surface area contributed by atoms with Gasteiger partial charge in [-0.25, -0.2) is 9.67 Å². The predicted molar refractivity (Wildman–Crippen MR) is 74.0 cm³/mol. The molecular formula is C12H10N6OS. The zero-order valence-corrected chi connectivity index (χ0v) is 11.3. The average Bonchev–Trinajstić information content (AvgIpc) is 3.14. The molecule has 0 fully saturated rings. The van der Waals surface area contributed by atoms with E-state index in [-0.39, 0.29) is 5.91 Å². The Kier molecular flexibility index (Phi) is 3.21. The first-order chi connectivity index (χ1) is 9.74. The van der Waals surface area contributed by atoms with Gasteiger partial charge in [-0.05, 0) is 35.0 Å². The lowest BCUT2D eigenvalue weighted by atomic mass is 10.1. The number of amides is 1. The molecule has 0 saturated heterocycles. The Bertz CT molecular complexity index is 723. The molecule has 0 aliphatic rings. The van der Waals surface area contributed by atoms with Crippen LogP contribution >= 0.6 is 11.3 Å². The third-order valence-electron chi connectivity index (χ3n) is 2.75. The molecule has 3 rings (SSSR count). The third-order valence-corrected chi connectivity index (χ3v) is 3.33. The van der Waals surface area contributed by atoms with Crippen LogP contribution in [-0.2, 0) is 0 Å². The maximum absolute atomic E-state index is 12.0. The molecule has 0 radical (unpaired) electrons. The number of tetrazole rings is 1. The molecule has 0 atom stereocenters. The van der Waals surface area contributed by atoms with Gasteiger partial charge in [0.2, 0.25) is 0 Å². The molecular weight excluding hydrogens is 276 g/mol. The van der Waals surface area contributed by atoms with Crippen molar-refractivity contribution in [1.29, 1.82) is 0 Å². The van der Waals surface area contributed by atoms with Gasteiger partial charge in [0.25, 0.3) is 5.91 Å². The van der Waals surface area contributed by atoms with Gasteiger partial charge in [-0.3, -0.25) is 4.79 Å². The summed E-state index contributed by atoms with van der Waals surface area (Å²) >= 11 is 1.38. The second-order valence-corrected chi connectivity index (χ2v) is 4.80. The first kappa shape index (κ1) is 12.4. The van der Waals surface area contributed by atoms with Crippen LogP contribution in [0.4, 0.5) is 5.69 Å². The minimum absolute atomic E-state index is 0.233. The molecule has 1 N–H and O–H groups in total. The van der Waals surface area contributed by atoms with Crippen molar-refractivity contribution >= 4 is 22.9 Å². The van der Waals surface area contributed by atoms with E-state index >= 15 is 0 Å². The number of carbonyl (C=O) groups is 1. The number of hydrogen-bond acceptors (Lipinski definition) is 6. The summed E-state index contributed by atoms with van der Waals surface area (Å²) in [7, 11) is 0. The molecule has 0 saturated carbocycles. The van der Waals surface area contributed by atoms with Crippen molar-refractivity contribution in [3.8, 4) is 5.69 Å². The number of anilines is 1. The molecule has 0 unspecified atom stereocenters. The van der Waals surface area contributed by atoms with Gasteiger partial charge in [-0.1, -0.05) is 6.07 Å². The van der Waals surface area contributed by atoms with Crippen LogP contribution in [0, 0.1) is 6.92 Å². The summed E-state index contributed by atoms with van der Waals surface area (Å²) in [6.07, 6.45) is 1.50. The van der Waals surface area contributed by atoms with Crippen molar-refractivity contribution in [2.75, 3.05) is 5.32 Å². The molecule has 0 aliphatic heterocycles. The Morgan fingerprint density at radius 2 is 2.30 bits per heavy atom. The largest absolute Gasteiger partial charge is 0.320 e. The Hall–Kier alpha value is -2.61. The molecule has 0 bridgehead atoms. The van der Waals surface area contributed by atoms with Gasteiger partial charge in [0, 0.05) is 11.1 Å². The van der Waals surface area contributed by atoms with Crippen molar-refractivity contribution in [3.63, 3.8) is 0 Å². The van der Waals surface area contributed by atoms with Crippen LogP contribution in [-0.4, -0.2) is 31.1 Å². The fourth-order valence-electron chi connectivity index (χ4n) is 1.68. The Morgan fingerprint density at radius 1 is 1.40 bits per heavy atom. The van der Waals surface area contributed by atoms with Gasteiger partial charge in [0.15, 0.2) is 0 Å². The normalized spacial score (nSPS) is 10.4. The monoisotopic (exact) mass is 286 g/mol. The smallest absolute Gasteiger partial charge is 0.275 e. The third kappa shape index (κ3) is 2.41. The lowest BCUT2D eigenvalue weighted by molar-refractivity contribution is 0.102. The predicted octanol–water partition coefficient (Wildman–Crippen LogP) is 1.68. The minimum Gasteiger partial charge on any atom is -0.320 e. The molecule has 0 spiro atoms. The number of hydrogen-bond donors (Lipinski definition) is 1. The van der Waals surface area contributed by atoms with E-state index in [1.165, 1.54) is 22.3 Å².